The molecule has 21 heavy (non-hydrogen) atoms. The molecule has 2 N–H and O–H groups in total. The van der Waals surface area contributed by atoms with Gasteiger partial charge in [-0.15, -0.1) is 0 Å². The molecule has 1 aliphatic rings. The number of rotatable bonds is 5. The van der Waals surface area contributed by atoms with Crippen LogP contribution in [0.15, 0.2) is 12.3 Å². The zero-order chi connectivity index (χ0) is 15.2. The molecule has 1 saturated carbocycles. The molecule has 2 rings (SSSR count). The zero-order valence-corrected chi connectivity index (χ0v) is 12.8. The maximum absolute atomic E-state index is 13.4. The van der Waals surface area contributed by atoms with Crippen LogP contribution in [0.1, 0.15) is 56.3 Å². The van der Waals surface area contributed by atoms with Crippen LogP contribution in [0.2, 0.25) is 0 Å². The van der Waals surface area contributed by atoms with E-state index in [0.29, 0.717) is 18.3 Å². The first-order chi connectivity index (χ1) is 10.2. The van der Waals surface area contributed by atoms with Gasteiger partial charge in [0.2, 0.25) is 0 Å². The Kier molecular flexibility index (Phi) is 5.53. The lowest BCUT2D eigenvalue weighted by atomic mass is 9.83. The molecular formula is C16H24FN3O. The lowest BCUT2D eigenvalue weighted by Crippen LogP contribution is -2.42. The Hall–Kier alpha value is -1.65. The molecule has 2 unspecified atom stereocenters. The molecule has 116 valence electrons. The highest BCUT2D eigenvalue weighted by Gasteiger charge is 2.26. The second kappa shape index (κ2) is 7.38. The lowest BCUT2D eigenvalue weighted by molar-refractivity contribution is 0.0905. The first-order valence-electron chi connectivity index (χ1n) is 7.86. The van der Waals surface area contributed by atoms with Crippen LogP contribution in [-0.4, -0.2) is 23.5 Å². The van der Waals surface area contributed by atoms with E-state index in [-0.39, 0.29) is 17.5 Å². The Balaban J connectivity index is 2.13. The molecular weight excluding hydrogens is 269 g/mol. The van der Waals surface area contributed by atoms with Crippen LogP contribution in [0.25, 0.3) is 0 Å². The molecule has 0 aliphatic heterocycles. The molecule has 1 aromatic rings. The number of nitrogens with zero attached hydrogens (tertiary/aromatic N) is 1. The van der Waals surface area contributed by atoms with E-state index in [1.807, 2.05) is 6.92 Å². The first kappa shape index (κ1) is 15.7. The van der Waals surface area contributed by atoms with Crippen LogP contribution in [0, 0.1) is 11.7 Å². The van der Waals surface area contributed by atoms with Gasteiger partial charge in [-0.1, -0.05) is 26.2 Å². The van der Waals surface area contributed by atoms with Crippen LogP contribution in [-0.2, 0) is 0 Å². The molecule has 0 saturated heterocycles. The molecule has 0 spiro atoms. The van der Waals surface area contributed by atoms with E-state index in [9.17, 15) is 9.18 Å². The SMILES string of the molecule is CCNc1ncc(F)cc1C(=O)NC1CCCCC1CC. The van der Waals surface area contributed by atoms with E-state index < -0.39 is 5.82 Å². The maximum atomic E-state index is 13.4. The standard InChI is InChI=1S/C16H24FN3O/c1-3-11-7-5-6-8-14(11)20-16(21)13-9-12(17)10-19-15(13)18-4-2/h9-11,14H,3-8H2,1-2H3,(H,18,19)(H,20,21). The number of amides is 1. The van der Waals surface area contributed by atoms with E-state index >= 15 is 0 Å². The van der Waals surface area contributed by atoms with E-state index in [1.54, 1.807) is 0 Å². The van der Waals surface area contributed by atoms with Crippen molar-refractivity contribution in [3.63, 3.8) is 0 Å². The molecule has 0 radical (unpaired) electrons. The molecule has 1 heterocycles. The molecule has 1 fully saturated rings. The number of nitrogens with one attached hydrogen (secondary N) is 2. The predicted octanol–water partition coefficient (Wildman–Crippen LogP) is 3.35. The molecule has 0 bridgehead atoms. The van der Waals surface area contributed by atoms with Crippen molar-refractivity contribution in [3.8, 4) is 0 Å². The number of halogens is 1. The van der Waals surface area contributed by atoms with Gasteiger partial charge in [0, 0.05) is 12.6 Å². The third-order valence-electron chi connectivity index (χ3n) is 4.19. The largest absolute Gasteiger partial charge is 0.370 e. The van der Waals surface area contributed by atoms with Gasteiger partial charge in [0.05, 0.1) is 11.8 Å². The fourth-order valence-electron chi connectivity index (χ4n) is 3.05. The van der Waals surface area contributed by atoms with Crippen molar-refractivity contribution < 1.29 is 9.18 Å². The smallest absolute Gasteiger partial charge is 0.255 e. The third-order valence-corrected chi connectivity index (χ3v) is 4.19. The van der Waals surface area contributed by atoms with Gasteiger partial charge >= 0.3 is 0 Å². The van der Waals surface area contributed by atoms with Gasteiger partial charge in [0.25, 0.3) is 5.91 Å². The van der Waals surface area contributed by atoms with Crippen LogP contribution >= 0.6 is 0 Å². The summed E-state index contributed by atoms with van der Waals surface area (Å²) in [6.45, 7) is 4.71. The quantitative estimate of drug-likeness (QED) is 0.875. The molecule has 4 nitrogen and oxygen atoms in total. The highest BCUT2D eigenvalue weighted by molar-refractivity contribution is 5.98. The summed E-state index contributed by atoms with van der Waals surface area (Å²) < 4.78 is 13.4. The fourth-order valence-corrected chi connectivity index (χ4v) is 3.05. The Morgan fingerprint density at radius 3 is 2.86 bits per heavy atom. The zero-order valence-electron chi connectivity index (χ0n) is 12.8. The van der Waals surface area contributed by atoms with Crippen molar-refractivity contribution in [3.05, 3.63) is 23.6 Å². The van der Waals surface area contributed by atoms with Crippen molar-refractivity contribution >= 4 is 11.7 Å². The molecule has 0 aromatic carbocycles. The minimum absolute atomic E-state index is 0.189. The first-order valence-corrected chi connectivity index (χ1v) is 7.86. The van der Waals surface area contributed by atoms with Crippen molar-refractivity contribution in [2.75, 3.05) is 11.9 Å². The number of carbonyl (C=O) groups is 1. The number of hydrogen-bond donors (Lipinski definition) is 2. The summed E-state index contributed by atoms with van der Waals surface area (Å²) >= 11 is 0. The second-order valence-corrected chi connectivity index (χ2v) is 5.61. The minimum Gasteiger partial charge on any atom is -0.370 e. The van der Waals surface area contributed by atoms with Crippen molar-refractivity contribution in [1.29, 1.82) is 0 Å². The molecule has 1 aliphatic carbocycles. The molecule has 1 amide bonds. The summed E-state index contributed by atoms with van der Waals surface area (Å²) in [5.41, 5.74) is 0.289. The van der Waals surface area contributed by atoms with Crippen LogP contribution in [0.3, 0.4) is 0 Å². The van der Waals surface area contributed by atoms with Gasteiger partial charge in [-0.25, -0.2) is 9.37 Å². The minimum atomic E-state index is -0.488. The van der Waals surface area contributed by atoms with E-state index in [2.05, 4.69) is 22.5 Å². The van der Waals surface area contributed by atoms with Crippen molar-refractivity contribution in [2.24, 2.45) is 5.92 Å². The fraction of sp³-hybridized carbons (Fsp3) is 0.625. The van der Waals surface area contributed by atoms with Gasteiger partial charge in [-0.2, -0.15) is 0 Å². The summed E-state index contributed by atoms with van der Waals surface area (Å²) in [4.78, 5) is 16.4. The monoisotopic (exact) mass is 293 g/mol. The van der Waals surface area contributed by atoms with Crippen molar-refractivity contribution in [2.45, 2.75) is 52.0 Å². The Morgan fingerprint density at radius 2 is 2.14 bits per heavy atom. The van der Waals surface area contributed by atoms with E-state index in [4.69, 9.17) is 0 Å². The highest BCUT2D eigenvalue weighted by atomic mass is 19.1. The van der Waals surface area contributed by atoms with E-state index in [1.165, 1.54) is 12.5 Å². The highest BCUT2D eigenvalue weighted by Crippen LogP contribution is 2.27. The van der Waals surface area contributed by atoms with Crippen LogP contribution < -0.4 is 10.6 Å². The summed E-state index contributed by atoms with van der Waals surface area (Å²) in [7, 11) is 0. The summed E-state index contributed by atoms with van der Waals surface area (Å²) in [6.07, 6.45) is 6.72. The summed E-state index contributed by atoms with van der Waals surface area (Å²) in [5, 5.41) is 6.08. The topological polar surface area (TPSA) is 54.0 Å². The van der Waals surface area contributed by atoms with Crippen molar-refractivity contribution in [1.82, 2.24) is 10.3 Å². The Labute approximate surface area is 125 Å². The average molecular weight is 293 g/mol. The molecule has 5 heteroatoms. The average Bonchev–Trinajstić information content (AvgIpc) is 2.49. The Bertz CT molecular complexity index is 492. The second-order valence-electron chi connectivity index (χ2n) is 5.61. The molecule has 2 atom stereocenters. The summed E-state index contributed by atoms with van der Waals surface area (Å²) in [6, 6.07) is 1.44. The van der Waals surface area contributed by atoms with Gasteiger partial charge in [-0.05, 0) is 31.7 Å². The number of aromatic nitrogens is 1. The number of hydrogen-bond acceptors (Lipinski definition) is 3. The van der Waals surface area contributed by atoms with Crippen LogP contribution in [0.5, 0.6) is 0 Å². The van der Waals surface area contributed by atoms with Gasteiger partial charge in [-0.3, -0.25) is 4.79 Å². The van der Waals surface area contributed by atoms with Gasteiger partial charge < -0.3 is 10.6 Å². The van der Waals surface area contributed by atoms with Gasteiger partial charge in [0.15, 0.2) is 0 Å². The van der Waals surface area contributed by atoms with Gasteiger partial charge in [0.1, 0.15) is 11.6 Å². The number of anilines is 1. The van der Waals surface area contributed by atoms with E-state index in [0.717, 1.165) is 31.9 Å². The normalized spacial score (nSPS) is 21.9. The number of carbonyl (C=O) groups excluding carboxylic acids is 1. The molecule has 1 aromatic heterocycles. The number of pyridine rings is 1. The Morgan fingerprint density at radius 1 is 1.38 bits per heavy atom. The lowest BCUT2D eigenvalue weighted by Gasteiger charge is -2.31. The predicted molar refractivity (Wildman–Crippen MR) is 81.9 cm³/mol. The van der Waals surface area contributed by atoms with Crippen LogP contribution in [0.4, 0.5) is 10.2 Å². The third kappa shape index (κ3) is 3.93. The maximum Gasteiger partial charge on any atom is 0.255 e. The summed E-state index contributed by atoms with van der Waals surface area (Å²) in [5.74, 6) is 0.243.